The van der Waals surface area contributed by atoms with Crippen LogP contribution in [-0.4, -0.2) is 18.4 Å². The van der Waals surface area contributed by atoms with Crippen LogP contribution < -0.4 is 5.32 Å². The Morgan fingerprint density at radius 1 is 0.550 bits per heavy atom. The van der Waals surface area contributed by atoms with Crippen LogP contribution in [0.15, 0.2) is 0 Å². The molecule has 122 valence electrons. The minimum Gasteiger partial charge on any atom is -0.317 e. The molecule has 20 heavy (non-hydrogen) atoms. The second-order valence-electron chi connectivity index (χ2n) is 6.04. The van der Waals surface area contributed by atoms with E-state index >= 15 is 0 Å². The minimum atomic E-state index is 1.17. The fourth-order valence-corrected chi connectivity index (χ4v) is 2.96. The third-order valence-corrected chi connectivity index (χ3v) is 4.51. The monoisotopic (exact) mass is 347 g/mol. The molecule has 0 saturated heterocycles. The Balaban J connectivity index is 2.89. The van der Waals surface area contributed by atoms with E-state index in [0.29, 0.717) is 0 Å². The van der Waals surface area contributed by atoms with Crippen molar-refractivity contribution >= 4 is 15.9 Å². The van der Waals surface area contributed by atoms with Gasteiger partial charge in [0.15, 0.2) is 0 Å². The van der Waals surface area contributed by atoms with E-state index in [1.807, 2.05) is 0 Å². The van der Waals surface area contributed by atoms with Crippen molar-refractivity contribution in [3.05, 3.63) is 0 Å². The fraction of sp³-hybridized carbons (Fsp3) is 1.00. The maximum absolute atomic E-state index is 3.58. The van der Waals surface area contributed by atoms with Crippen molar-refractivity contribution in [1.29, 1.82) is 0 Å². The van der Waals surface area contributed by atoms with Crippen LogP contribution in [0.3, 0.4) is 0 Å². The largest absolute Gasteiger partial charge is 0.317 e. The molecule has 0 saturated carbocycles. The first-order valence-corrected chi connectivity index (χ1v) is 10.3. The van der Waals surface area contributed by atoms with E-state index in [-0.39, 0.29) is 0 Å². The zero-order valence-electron chi connectivity index (χ0n) is 13.9. The minimum absolute atomic E-state index is 1.17. The van der Waals surface area contributed by atoms with Gasteiger partial charge in [-0.3, -0.25) is 0 Å². The van der Waals surface area contributed by atoms with Crippen LogP contribution in [0, 0.1) is 0 Å². The summed E-state index contributed by atoms with van der Waals surface area (Å²) in [7, 11) is 0. The molecule has 0 radical (unpaired) electrons. The SMILES string of the molecule is CCCCCCCCCCCCNCCCCCCBr. The summed E-state index contributed by atoms with van der Waals surface area (Å²) in [6.45, 7) is 4.74. The number of unbranched alkanes of at least 4 members (excludes halogenated alkanes) is 12. The normalized spacial score (nSPS) is 11.1. The number of nitrogens with one attached hydrogen (secondary N) is 1. The third kappa shape index (κ3) is 18.4. The molecule has 0 heterocycles. The molecule has 0 unspecified atom stereocenters. The van der Waals surface area contributed by atoms with Crippen molar-refractivity contribution in [2.24, 2.45) is 0 Å². The van der Waals surface area contributed by atoms with Gasteiger partial charge in [0, 0.05) is 5.33 Å². The Kier molecular flexibility index (Phi) is 19.9. The molecule has 0 aliphatic rings. The van der Waals surface area contributed by atoms with Crippen LogP contribution in [0.5, 0.6) is 0 Å². The summed E-state index contributed by atoms with van der Waals surface area (Å²) in [5.41, 5.74) is 0. The number of hydrogen-bond acceptors (Lipinski definition) is 1. The van der Waals surface area contributed by atoms with E-state index in [4.69, 9.17) is 0 Å². The summed E-state index contributed by atoms with van der Waals surface area (Å²) >= 11 is 3.48. The van der Waals surface area contributed by atoms with Gasteiger partial charge in [-0.15, -0.1) is 0 Å². The molecule has 1 N–H and O–H groups in total. The predicted molar refractivity (Wildman–Crippen MR) is 97.0 cm³/mol. The lowest BCUT2D eigenvalue weighted by Crippen LogP contribution is -2.16. The van der Waals surface area contributed by atoms with Gasteiger partial charge in [0.05, 0.1) is 0 Å². The van der Waals surface area contributed by atoms with Crippen molar-refractivity contribution in [3.8, 4) is 0 Å². The molecule has 0 aliphatic heterocycles. The molecule has 0 aliphatic carbocycles. The first-order chi connectivity index (χ1) is 9.91. The first-order valence-electron chi connectivity index (χ1n) is 9.18. The van der Waals surface area contributed by atoms with E-state index in [1.54, 1.807) is 0 Å². The van der Waals surface area contributed by atoms with Crippen molar-refractivity contribution in [1.82, 2.24) is 5.32 Å². The van der Waals surface area contributed by atoms with Crippen LogP contribution in [0.1, 0.15) is 96.8 Å². The summed E-state index contributed by atoms with van der Waals surface area (Å²) in [5.74, 6) is 0. The Morgan fingerprint density at radius 2 is 0.950 bits per heavy atom. The standard InChI is InChI=1S/C18H38BrN/c1-2-3-4-5-6-7-8-9-11-14-17-20-18-15-12-10-13-16-19/h20H,2-18H2,1H3. The lowest BCUT2D eigenvalue weighted by Gasteiger charge is -2.05. The summed E-state index contributed by atoms with van der Waals surface area (Å²) in [5, 5.41) is 4.74. The molecular weight excluding hydrogens is 310 g/mol. The number of halogens is 1. The van der Waals surface area contributed by atoms with Gasteiger partial charge in [0.25, 0.3) is 0 Å². The predicted octanol–water partition coefficient (Wildman–Crippen LogP) is 6.45. The Hall–Kier alpha value is 0.440. The average molecular weight is 348 g/mol. The van der Waals surface area contributed by atoms with Gasteiger partial charge in [-0.05, 0) is 32.4 Å². The van der Waals surface area contributed by atoms with E-state index < -0.39 is 0 Å². The fourth-order valence-electron chi connectivity index (χ4n) is 2.56. The number of rotatable bonds is 17. The van der Waals surface area contributed by atoms with Crippen LogP contribution >= 0.6 is 15.9 Å². The topological polar surface area (TPSA) is 12.0 Å². The quantitative estimate of drug-likeness (QED) is 0.235. The molecule has 0 aromatic heterocycles. The maximum Gasteiger partial charge on any atom is 0.00313 e. The summed E-state index contributed by atoms with van der Waals surface area (Å²) in [4.78, 5) is 0. The second-order valence-corrected chi connectivity index (χ2v) is 6.83. The first kappa shape index (κ1) is 20.4. The van der Waals surface area contributed by atoms with E-state index in [1.165, 1.54) is 108 Å². The Labute approximate surface area is 136 Å². The average Bonchev–Trinajstić information content (AvgIpc) is 2.47. The van der Waals surface area contributed by atoms with Crippen LogP contribution in [-0.2, 0) is 0 Å². The molecular formula is C18H38BrN. The molecule has 0 atom stereocenters. The third-order valence-electron chi connectivity index (χ3n) is 3.94. The van der Waals surface area contributed by atoms with Crippen LogP contribution in [0.4, 0.5) is 0 Å². The molecule has 1 nitrogen and oxygen atoms in total. The molecule has 0 spiro atoms. The highest BCUT2D eigenvalue weighted by Crippen LogP contribution is 2.10. The van der Waals surface area contributed by atoms with Gasteiger partial charge in [-0.1, -0.05) is 93.5 Å². The molecule has 0 amide bonds. The Morgan fingerprint density at radius 3 is 1.40 bits per heavy atom. The van der Waals surface area contributed by atoms with Gasteiger partial charge in [-0.2, -0.15) is 0 Å². The van der Waals surface area contributed by atoms with Crippen LogP contribution in [0.25, 0.3) is 0 Å². The highest BCUT2D eigenvalue weighted by Gasteiger charge is 1.93. The van der Waals surface area contributed by atoms with Gasteiger partial charge in [0.1, 0.15) is 0 Å². The molecule has 0 fully saturated rings. The molecule has 0 aromatic rings. The van der Waals surface area contributed by atoms with Crippen molar-refractivity contribution in [2.75, 3.05) is 18.4 Å². The van der Waals surface area contributed by atoms with E-state index in [2.05, 4.69) is 28.2 Å². The zero-order chi connectivity index (χ0) is 14.7. The van der Waals surface area contributed by atoms with Gasteiger partial charge in [-0.25, -0.2) is 0 Å². The van der Waals surface area contributed by atoms with Crippen molar-refractivity contribution in [2.45, 2.75) is 96.8 Å². The Bertz CT molecular complexity index is 143. The van der Waals surface area contributed by atoms with Crippen molar-refractivity contribution < 1.29 is 0 Å². The molecule has 0 rings (SSSR count). The van der Waals surface area contributed by atoms with Crippen LogP contribution in [0.2, 0.25) is 0 Å². The highest BCUT2D eigenvalue weighted by molar-refractivity contribution is 9.09. The lowest BCUT2D eigenvalue weighted by atomic mass is 10.1. The number of alkyl halides is 1. The highest BCUT2D eigenvalue weighted by atomic mass is 79.9. The lowest BCUT2D eigenvalue weighted by molar-refractivity contribution is 0.535. The van der Waals surface area contributed by atoms with Gasteiger partial charge in [0.2, 0.25) is 0 Å². The maximum atomic E-state index is 3.58. The summed E-state index contributed by atoms with van der Waals surface area (Å²) < 4.78 is 0. The summed E-state index contributed by atoms with van der Waals surface area (Å²) in [6.07, 6.45) is 19.8. The summed E-state index contributed by atoms with van der Waals surface area (Å²) in [6, 6.07) is 0. The van der Waals surface area contributed by atoms with Gasteiger partial charge < -0.3 is 5.32 Å². The smallest absolute Gasteiger partial charge is 0.00313 e. The molecule has 0 bridgehead atoms. The molecule has 2 heteroatoms. The zero-order valence-corrected chi connectivity index (χ0v) is 15.5. The van der Waals surface area contributed by atoms with Gasteiger partial charge >= 0.3 is 0 Å². The van der Waals surface area contributed by atoms with Crippen molar-refractivity contribution in [3.63, 3.8) is 0 Å². The second kappa shape index (κ2) is 19.4. The number of hydrogen-bond donors (Lipinski definition) is 1. The molecule has 0 aromatic carbocycles. The van der Waals surface area contributed by atoms with E-state index in [0.717, 1.165) is 0 Å². The van der Waals surface area contributed by atoms with E-state index in [9.17, 15) is 0 Å².